The highest BCUT2D eigenvalue weighted by atomic mass is 16.8. The molecule has 0 aromatic rings. The minimum absolute atomic E-state index is 0.537. The standard InChI is InChI=1S/C5H9NO3/c7-5(8)9-3-1-6-2-4-9/h6H,1-4H2/p+1. The number of morpholine rings is 1. The highest BCUT2D eigenvalue weighted by Gasteiger charge is 2.19. The quantitative estimate of drug-likeness (QED) is 0.355. The van der Waals surface area contributed by atoms with Gasteiger partial charge in [0.05, 0.1) is 0 Å². The molecule has 1 rings (SSSR count). The number of carboxylic acid groups (broad SMARTS) is 1. The van der Waals surface area contributed by atoms with Gasteiger partial charge in [0.2, 0.25) is 0 Å². The van der Waals surface area contributed by atoms with Gasteiger partial charge in [0.1, 0.15) is 13.2 Å². The summed E-state index contributed by atoms with van der Waals surface area (Å²) in [5.41, 5.74) is 0. The molecule has 1 aliphatic rings. The molecule has 4 nitrogen and oxygen atoms in total. The van der Waals surface area contributed by atoms with Crippen LogP contribution in [0.1, 0.15) is 0 Å². The third kappa shape index (κ3) is 1.57. The minimum atomic E-state index is -0.892. The lowest BCUT2D eigenvalue weighted by Crippen LogP contribution is -2.40. The van der Waals surface area contributed by atoms with Crippen LogP contribution in [-0.2, 0) is 4.37 Å². The molecule has 0 aromatic heterocycles. The molecule has 0 spiro atoms. The maximum atomic E-state index is 10.2. The van der Waals surface area contributed by atoms with Gasteiger partial charge in [0, 0.05) is 17.9 Å². The molecule has 1 heterocycles. The van der Waals surface area contributed by atoms with E-state index >= 15 is 0 Å². The monoisotopic (exact) mass is 132 g/mol. The first kappa shape index (κ1) is 6.35. The predicted octanol–water partition coefficient (Wildman–Crippen LogP) is -0.180. The van der Waals surface area contributed by atoms with E-state index in [4.69, 9.17) is 5.11 Å². The lowest BCUT2D eigenvalue weighted by atomic mass is 10.5. The van der Waals surface area contributed by atoms with Gasteiger partial charge >= 0.3 is 6.16 Å². The van der Waals surface area contributed by atoms with Crippen molar-refractivity contribution >= 4 is 6.16 Å². The van der Waals surface area contributed by atoms with Crippen molar-refractivity contribution in [1.29, 1.82) is 0 Å². The summed E-state index contributed by atoms with van der Waals surface area (Å²) in [5.74, 6) is 0. The molecule has 0 aliphatic carbocycles. The van der Waals surface area contributed by atoms with E-state index in [1.807, 2.05) is 0 Å². The summed E-state index contributed by atoms with van der Waals surface area (Å²) >= 11 is 0. The summed E-state index contributed by atoms with van der Waals surface area (Å²) in [5, 5.41) is 11.4. The summed E-state index contributed by atoms with van der Waals surface area (Å²) < 4.78 is 2.17. The Hall–Kier alpha value is -0.770. The van der Waals surface area contributed by atoms with Crippen LogP contribution in [0.15, 0.2) is 0 Å². The molecule has 0 aromatic carbocycles. The lowest BCUT2D eigenvalue weighted by molar-refractivity contribution is -0.0991. The van der Waals surface area contributed by atoms with Gasteiger partial charge in [-0.15, -0.1) is 0 Å². The second-order valence-corrected chi connectivity index (χ2v) is 1.92. The Bertz CT molecular complexity index is 109. The smallest absolute Gasteiger partial charge is 0.515 e. The van der Waals surface area contributed by atoms with Crippen LogP contribution in [-0.4, -0.2) is 37.6 Å². The van der Waals surface area contributed by atoms with E-state index in [1.165, 1.54) is 0 Å². The van der Waals surface area contributed by atoms with E-state index < -0.39 is 6.16 Å². The molecule has 0 unspecified atom stereocenters. The number of rotatable bonds is 0. The van der Waals surface area contributed by atoms with Crippen molar-refractivity contribution in [3.63, 3.8) is 0 Å². The van der Waals surface area contributed by atoms with Crippen LogP contribution in [0.25, 0.3) is 0 Å². The second kappa shape index (κ2) is 2.68. The van der Waals surface area contributed by atoms with Gasteiger partial charge in [-0.2, -0.15) is 0 Å². The first-order valence-electron chi connectivity index (χ1n) is 2.92. The molecule has 0 atom stereocenters. The van der Waals surface area contributed by atoms with Crippen molar-refractivity contribution in [3.8, 4) is 0 Å². The van der Waals surface area contributed by atoms with Crippen molar-refractivity contribution in [1.82, 2.24) is 5.32 Å². The summed E-state index contributed by atoms with van der Waals surface area (Å²) in [6.07, 6.45) is -0.892. The molecular formula is C5H10NO3+. The molecule has 1 saturated heterocycles. The van der Waals surface area contributed by atoms with Crippen molar-refractivity contribution in [2.45, 2.75) is 0 Å². The van der Waals surface area contributed by atoms with Crippen LogP contribution in [0.5, 0.6) is 0 Å². The molecule has 52 valence electrons. The van der Waals surface area contributed by atoms with E-state index in [0.29, 0.717) is 13.2 Å². The predicted molar refractivity (Wildman–Crippen MR) is 31.7 cm³/mol. The Kier molecular flexibility index (Phi) is 1.89. The Morgan fingerprint density at radius 1 is 1.44 bits per heavy atom. The summed E-state index contributed by atoms with van der Waals surface area (Å²) in [4.78, 5) is 10.2. The Morgan fingerprint density at radius 2 is 2.00 bits per heavy atom. The van der Waals surface area contributed by atoms with Gasteiger partial charge in [0.25, 0.3) is 0 Å². The SMILES string of the molecule is O=C(O)[O+]1CCNCC1. The van der Waals surface area contributed by atoms with Gasteiger partial charge < -0.3 is 14.8 Å². The van der Waals surface area contributed by atoms with Crippen LogP contribution in [0, 0.1) is 0 Å². The fourth-order valence-corrected chi connectivity index (χ4v) is 0.792. The highest BCUT2D eigenvalue weighted by molar-refractivity contribution is 5.59. The Balaban J connectivity index is 2.31. The van der Waals surface area contributed by atoms with E-state index in [9.17, 15) is 4.79 Å². The average molecular weight is 132 g/mol. The zero-order valence-electron chi connectivity index (χ0n) is 5.09. The maximum absolute atomic E-state index is 10.2. The molecule has 2 N–H and O–H groups in total. The topological polar surface area (TPSA) is 52.0 Å². The summed E-state index contributed by atoms with van der Waals surface area (Å²) in [6, 6.07) is 0. The third-order valence-corrected chi connectivity index (χ3v) is 1.30. The van der Waals surface area contributed by atoms with Gasteiger partial charge in [0.15, 0.2) is 0 Å². The van der Waals surface area contributed by atoms with Crippen LogP contribution >= 0.6 is 0 Å². The van der Waals surface area contributed by atoms with E-state index in [0.717, 1.165) is 13.1 Å². The van der Waals surface area contributed by atoms with E-state index in [1.54, 1.807) is 0 Å². The van der Waals surface area contributed by atoms with Crippen molar-refractivity contribution in [2.75, 3.05) is 26.3 Å². The Labute approximate surface area is 53.1 Å². The number of nitrogens with one attached hydrogen (secondary N) is 1. The average Bonchev–Trinajstić information content (AvgIpc) is 1.90. The first-order chi connectivity index (χ1) is 4.30. The van der Waals surface area contributed by atoms with Crippen LogP contribution < -0.4 is 5.32 Å². The molecule has 9 heavy (non-hydrogen) atoms. The van der Waals surface area contributed by atoms with Crippen molar-refractivity contribution in [3.05, 3.63) is 0 Å². The molecule has 4 heteroatoms. The third-order valence-electron chi connectivity index (χ3n) is 1.30. The van der Waals surface area contributed by atoms with Gasteiger partial charge in [-0.1, -0.05) is 0 Å². The minimum Gasteiger partial charge on any atom is -0.515 e. The van der Waals surface area contributed by atoms with Crippen LogP contribution in [0.4, 0.5) is 4.79 Å². The van der Waals surface area contributed by atoms with Gasteiger partial charge in [-0.05, 0) is 0 Å². The van der Waals surface area contributed by atoms with E-state index in [-0.39, 0.29) is 0 Å². The van der Waals surface area contributed by atoms with Crippen LogP contribution in [0.3, 0.4) is 0 Å². The molecule has 0 bridgehead atoms. The van der Waals surface area contributed by atoms with Crippen molar-refractivity contribution < 1.29 is 14.3 Å². The van der Waals surface area contributed by atoms with Gasteiger partial charge in [-0.3, -0.25) is 0 Å². The zero-order chi connectivity index (χ0) is 6.69. The summed E-state index contributed by atoms with van der Waals surface area (Å²) in [7, 11) is 0. The normalized spacial score (nSPS) is 19.8. The highest BCUT2D eigenvalue weighted by Crippen LogP contribution is 1.97. The number of hydrogen-bond acceptors (Lipinski definition) is 2. The first-order valence-corrected chi connectivity index (χ1v) is 2.92. The largest absolute Gasteiger partial charge is 0.725 e. The molecule has 0 saturated carbocycles. The maximum Gasteiger partial charge on any atom is 0.725 e. The van der Waals surface area contributed by atoms with Crippen molar-refractivity contribution in [2.24, 2.45) is 0 Å². The molecular weight excluding hydrogens is 122 g/mol. The van der Waals surface area contributed by atoms with E-state index in [2.05, 4.69) is 9.68 Å². The lowest BCUT2D eigenvalue weighted by Gasteiger charge is -2.24. The molecule has 1 fully saturated rings. The summed E-state index contributed by atoms with van der Waals surface area (Å²) in [6.45, 7) is 2.57. The fraction of sp³-hybridized carbons (Fsp3) is 0.800. The zero-order valence-corrected chi connectivity index (χ0v) is 5.09. The number of hydrogen-bond donors (Lipinski definition) is 2. The Morgan fingerprint density at radius 3 is 2.33 bits per heavy atom. The molecule has 0 amide bonds. The number of carbonyl (C=O) groups is 1. The van der Waals surface area contributed by atoms with Gasteiger partial charge in [-0.25, -0.2) is 0 Å². The molecule has 0 radical (unpaired) electrons. The second-order valence-electron chi connectivity index (χ2n) is 1.92. The molecule has 1 aliphatic heterocycles. The fourth-order valence-electron chi connectivity index (χ4n) is 0.792. The van der Waals surface area contributed by atoms with Crippen LogP contribution in [0.2, 0.25) is 0 Å².